The van der Waals surface area contributed by atoms with Crippen LogP contribution >= 0.6 is 11.6 Å². The van der Waals surface area contributed by atoms with E-state index in [4.69, 9.17) is 21.0 Å². The molecule has 1 aromatic heterocycles. The highest BCUT2D eigenvalue weighted by Crippen LogP contribution is 2.35. The number of halogens is 1. The lowest BCUT2D eigenvalue weighted by atomic mass is 9.95. The summed E-state index contributed by atoms with van der Waals surface area (Å²) in [6, 6.07) is 14.5. The Morgan fingerprint density at radius 1 is 1.22 bits per heavy atom. The largest absolute Gasteiger partial charge is 0.423 e. The number of hydrogen-bond donors (Lipinski definition) is 3. The van der Waals surface area contributed by atoms with E-state index >= 15 is 0 Å². The van der Waals surface area contributed by atoms with Crippen LogP contribution in [0.5, 0.6) is 0 Å². The van der Waals surface area contributed by atoms with Gasteiger partial charge >= 0.3 is 6.01 Å². The lowest BCUT2D eigenvalue weighted by Gasteiger charge is -2.27. The minimum atomic E-state index is -0.640. The molecule has 3 aromatic rings. The molecule has 4 rings (SSSR count). The van der Waals surface area contributed by atoms with Gasteiger partial charge in [0, 0.05) is 22.5 Å². The Kier molecular flexibility index (Phi) is 7.85. The molecule has 0 aliphatic carbocycles. The molecule has 1 amide bonds. The first-order valence-electron chi connectivity index (χ1n) is 11.8. The van der Waals surface area contributed by atoms with E-state index in [1.165, 1.54) is 0 Å². The van der Waals surface area contributed by atoms with Crippen LogP contribution in [0.15, 0.2) is 86.0 Å². The molecule has 8 nitrogen and oxygen atoms in total. The molecule has 3 N–H and O–H groups in total. The van der Waals surface area contributed by atoms with Crippen LogP contribution in [0.4, 0.5) is 6.01 Å². The topological polar surface area (TPSA) is 104 Å². The molecule has 2 aromatic carbocycles. The Morgan fingerprint density at radius 3 is 2.69 bits per heavy atom. The fourth-order valence-electron chi connectivity index (χ4n) is 3.95. The van der Waals surface area contributed by atoms with Crippen molar-refractivity contribution in [3.05, 3.63) is 82.2 Å². The van der Waals surface area contributed by atoms with E-state index < -0.39 is 6.04 Å². The highest BCUT2D eigenvalue weighted by Gasteiger charge is 2.31. The molecule has 0 radical (unpaired) electrons. The first-order valence-corrected chi connectivity index (χ1v) is 12.1. The molecule has 0 fully saturated rings. The van der Waals surface area contributed by atoms with Gasteiger partial charge in [0.25, 0.3) is 5.91 Å². The van der Waals surface area contributed by atoms with Crippen molar-refractivity contribution < 1.29 is 9.21 Å². The third kappa shape index (κ3) is 5.83. The van der Waals surface area contributed by atoms with E-state index in [-0.39, 0.29) is 5.91 Å². The molecule has 1 aliphatic heterocycles. The number of nitrogens with one attached hydrogen (secondary N) is 3. The number of rotatable bonds is 7. The smallest absolute Gasteiger partial charge is 0.302 e. The second-order valence-electron chi connectivity index (χ2n) is 8.65. The lowest BCUT2D eigenvalue weighted by molar-refractivity contribution is -0.117. The molecule has 0 bridgehead atoms. The number of guanidine groups is 1. The normalized spacial score (nSPS) is 16.4. The van der Waals surface area contributed by atoms with Crippen molar-refractivity contribution in [3.63, 3.8) is 0 Å². The van der Waals surface area contributed by atoms with Gasteiger partial charge in [-0.2, -0.15) is 4.98 Å². The molecule has 1 aliphatic rings. The minimum Gasteiger partial charge on any atom is -0.423 e. The number of para-hydroxylation sites is 2. The minimum absolute atomic E-state index is 0.254. The van der Waals surface area contributed by atoms with E-state index in [2.05, 4.69) is 39.8 Å². The van der Waals surface area contributed by atoms with E-state index in [9.17, 15) is 4.79 Å². The summed E-state index contributed by atoms with van der Waals surface area (Å²) < 4.78 is 5.78. The third-order valence-corrected chi connectivity index (χ3v) is 5.80. The van der Waals surface area contributed by atoms with Crippen molar-refractivity contribution in [1.29, 1.82) is 0 Å². The van der Waals surface area contributed by atoms with Gasteiger partial charge in [-0.1, -0.05) is 61.9 Å². The van der Waals surface area contributed by atoms with Gasteiger partial charge in [-0.25, -0.2) is 4.99 Å². The quantitative estimate of drug-likeness (QED) is 0.362. The van der Waals surface area contributed by atoms with Crippen LogP contribution in [0.25, 0.3) is 11.1 Å². The number of carbonyl (C=O) groups is 1. The van der Waals surface area contributed by atoms with Gasteiger partial charge in [0.05, 0.1) is 17.8 Å². The van der Waals surface area contributed by atoms with E-state index in [1.54, 1.807) is 12.3 Å². The average molecular weight is 505 g/mol. The van der Waals surface area contributed by atoms with Crippen LogP contribution in [0.1, 0.15) is 39.3 Å². The number of nitrogens with zero attached hydrogens (tertiary/aromatic N) is 3. The molecule has 1 unspecified atom stereocenters. The summed E-state index contributed by atoms with van der Waals surface area (Å²) in [6.07, 6.45) is 3.74. The Labute approximate surface area is 215 Å². The molecule has 0 saturated heterocycles. The summed E-state index contributed by atoms with van der Waals surface area (Å²) in [6.45, 7) is 8.11. The first kappa shape index (κ1) is 25.2. The number of allylic oxidation sites excluding steroid dienone is 2. The molecule has 1 atom stereocenters. The zero-order valence-electron chi connectivity index (χ0n) is 20.7. The molecule has 36 heavy (non-hydrogen) atoms. The predicted molar refractivity (Wildman–Crippen MR) is 145 cm³/mol. The van der Waals surface area contributed by atoms with Crippen molar-refractivity contribution in [3.8, 4) is 0 Å². The van der Waals surface area contributed by atoms with Gasteiger partial charge in [-0.3, -0.25) is 15.1 Å². The second kappa shape index (κ2) is 11.2. The number of aromatic nitrogens is 1. The van der Waals surface area contributed by atoms with Gasteiger partial charge in [0.2, 0.25) is 5.96 Å². The maximum atomic E-state index is 13.4. The predicted octanol–water partition coefficient (Wildman–Crippen LogP) is 5.61. The summed E-state index contributed by atoms with van der Waals surface area (Å²) in [5.41, 5.74) is 4.00. The molecule has 0 saturated carbocycles. The van der Waals surface area contributed by atoms with E-state index in [0.717, 1.165) is 11.2 Å². The van der Waals surface area contributed by atoms with Crippen molar-refractivity contribution >= 4 is 46.8 Å². The molecular weight excluding hydrogens is 476 g/mol. The Balaban J connectivity index is 1.63. The molecular formula is C27H29ClN6O2. The van der Waals surface area contributed by atoms with Gasteiger partial charge in [-0.05, 0) is 38.0 Å². The monoisotopic (exact) mass is 504 g/mol. The van der Waals surface area contributed by atoms with Crippen LogP contribution in [-0.4, -0.2) is 29.6 Å². The summed E-state index contributed by atoms with van der Waals surface area (Å²) >= 11 is 6.54. The summed E-state index contributed by atoms with van der Waals surface area (Å²) in [5.74, 6) is 0.450. The number of benzene rings is 2. The Morgan fingerprint density at radius 2 is 1.97 bits per heavy atom. The van der Waals surface area contributed by atoms with E-state index in [0.29, 0.717) is 51.9 Å². The standard InChI is InChI=1S/C27H29ClN6O2/c1-5-29-18(14-16(2)3)15-30-25(35)23-17(4)31-26(33-24(23)19-10-6-7-11-20(19)28)34-27-32-21-12-8-9-13-22(21)36-27/h5-14,16,24H,15H2,1-4H3,(H,30,35)(H2,31,32,33,34)/b18-14-,29-5?. The molecule has 2 heterocycles. The number of oxazole rings is 1. The Hall–Kier alpha value is -3.91. The van der Waals surface area contributed by atoms with Crippen LogP contribution in [-0.2, 0) is 4.79 Å². The van der Waals surface area contributed by atoms with Crippen LogP contribution in [0.2, 0.25) is 5.02 Å². The summed E-state index contributed by atoms with van der Waals surface area (Å²) in [7, 11) is 0. The van der Waals surface area contributed by atoms with Crippen molar-refractivity contribution in [2.45, 2.75) is 33.7 Å². The zero-order valence-corrected chi connectivity index (χ0v) is 21.4. The lowest BCUT2D eigenvalue weighted by Crippen LogP contribution is -2.39. The average Bonchev–Trinajstić information content (AvgIpc) is 3.24. The van der Waals surface area contributed by atoms with Crippen LogP contribution < -0.4 is 16.0 Å². The fourth-order valence-corrected chi connectivity index (χ4v) is 4.19. The highest BCUT2D eigenvalue weighted by atomic mass is 35.5. The fraction of sp³-hybridized carbons (Fsp3) is 0.259. The first-order chi connectivity index (χ1) is 17.4. The molecule has 0 spiro atoms. The van der Waals surface area contributed by atoms with Crippen molar-refractivity contribution in [1.82, 2.24) is 15.6 Å². The zero-order chi connectivity index (χ0) is 25.7. The summed E-state index contributed by atoms with van der Waals surface area (Å²) in [5, 5.41) is 9.78. The third-order valence-electron chi connectivity index (χ3n) is 5.46. The van der Waals surface area contributed by atoms with Gasteiger partial charge in [0.15, 0.2) is 5.58 Å². The SMILES string of the molecule is CC=N/C(=C\C(C)C)CNC(=O)C1=C(C)NC(Nc2nc3ccccc3o2)=NC1c1ccccc1Cl. The molecule has 186 valence electrons. The number of hydrogen-bond acceptors (Lipinski definition) is 7. The van der Waals surface area contributed by atoms with Crippen LogP contribution in [0, 0.1) is 5.92 Å². The second-order valence-corrected chi connectivity index (χ2v) is 9.06. The number of aliphatic imine (C=N–C) groups is 2. The number of fused-ring (bicyclic) bond motifs is 1. The number of anilines is 1. The van der Waals surface area contributed by atoms with Crippen molar-refractivity contribution in [2.24, 2.45) is 15.9 Å². The maximum absolute atomic E-state index is 13.4. The molecule has 9 heteroatoms. The van der Waals surface area contributed by atoms with Gasteiger partial charge in [0.1, 0.15) is 11.6 Å². The number of carbonyl (C=O) groups excluding carboxylic acids is 1. The van der Waals surface area contributed by atoms with Gasteiger partial charge < -0.3 is 15.1 Å². The van der Waals surface area contributed by atoms with E-state index in [1.807, 2.05) is 62.4 Å². The maximum Gasteiger partial charge on any atom is 0.302 e. The Bertz CT molecular complexity index is 1350. The number of amides is 1. The van der Waals surface area contributed by atoms with Crippen LogP contribution in [0.3, 0.4) is 0 Å². The van der Waals surface area contributed by atoms with Crippen molar-refractivity contribution in [2.75, 3.05) is 11.9 Å². The van der Waals surface area contributed by atoms with Gasteiger partial charge in [-0.15, -0.1) is 0 Å². The summed E-state index contributed by atoms with van der Waals surface area (Å²) in [4.78, 5) is 27.1. The highest BCUT2D eigenvalue weighted by molar-refractivity contribution is 6.31.